The third kappa shape index (κ3) is 7.40. The molecule has 3 heterocycles. The largest absolute Gasteiger partial charge is 0.444 e. The van der Waals surface area contributed by atoms with E-state index in [9.17, 15) is 19.2 Å². The zero-order chi connectivity index (χ0) is 28.6. The number of ketones is 2. The van der Waals surface area contributed by atoms with Crippen LogP contribution in [0.4, 0.5) is 15.3 Å². The Kier molecular flexibility index (Phi) is 9.79. The molecular weight excluding hydrogens is 510 g/mol. The molecule has 0 aliphatic carbocycles. The Balaban J connectivity index is 0.000000189. The molecule has 2 aromatic carbocycles. The number of rotatable bonds is 9. The highest BCUT2D eigenvalue weighted by Crippen LogP contribution is 2.21. The summed E-state index contributed by atoms with van der Waals surface area (Å²) in [5, 5.41) is 0. The lowest BCUT2D eigenvalue weighted by Crippen LogP contribution is -2.31. The second-order valence-electron chi connectivity index (χ2n) is 10.5. The van der Waals surface area contributed by atoms with Gasteiger partial charge in [-0.1, -0.05) is 43.7 Å². The number of hydrogen-bond donors (Lipinski definition) is 0. The minimum atomic E-state index is -0.387. The maximum atomic E-state index is 12.3. The molecule has 0 spiro atoms. The van der Waals surface area contributed by atoms with Gasteiger partial charge in [-0.2, -0.15) is 0 Å². The van der Waals surface area contributed by atoms with Crippen molar-refractivity contribution in [3.05, 3.63) is 65.2 Å². The fourth-order valence-corrected chi connectivity index (χ4v) is 4.93. The summed E-state index contributed by atoms with van der Waals surface area (Å²) in [5.74, 6) is -0.0922. The summed E-state index contributed by atoms with van der Waals surface area (Å²) < 4.78 is 10.3. The predicted molar refractivity (Wildman–Crippen MR) is 152 cm³/mol. The lowest BCUT2D eigenvalue weighted by Gasteiger charge is -2.18. The molecule has 0 aromatic heterocycles. The van der Waals surface area contributed by atoms with Gasteiger partial charge in [0.1, 0.15) is 12.2 Å². The highest BCUT2D eigenvalue weighted by Gasteiger charge is 2.32. The minimum absolute atomic E-state index is 0.0401. The van der Waals surface area contributed by atoms with E-state index in [-0.39, 0.29) is 49.1 Å². The van der Waals surface area contributed by atoms with Crippen LogP contribution in [0.1, 0.15) is 65.8 Å². The van der Waals surface area contributed by atoms with E-state index in [1.807, 2.05) is 57.2 Å². The van der Waals surface area contributed by atoms with E-state index in [0.717, 1.165) is 31.5 Å². The number of nitrogens with zero attached hydrogens (tertiary/aromatic N) is 3. The molecule has 0 saturated carbocycles. The number of amides is 2. The lowest BCUT2D eigenvalue weighted by atomic mass is 10.1. The topological polar surface area (TPSA) is 96.5 Å². The van der Waals surface area contributed by atoms with Gasteiger partial charge in [-0.15, -0.1) is 0 Å². The van der Waals surface area contributed by atoms with Crippen molar-refractivity contribution < 1.29 is 28.7 Å². The molecule has 2 aromatic rings. The summed E-state index contributed by atoms with van der Waals surface area (Å²) in [7, 11) is 0. The first-order chi connectivity index (χ1) is 19.3. The van der Waals surface area contributed by atoms with Crippen molar-refractivity contribution in [3.63, 3.8) is 0 Å². The molecule has 3 aliphatic rings. The van der Waals surface area contributed by atoms with E-state index < -0.39 is 0 Å². The van der Waals surface area contributed by atoms with Gasteiger partial charge in [0.15, 0.2) is 11.6 Å². The van der Waals surface area contributed by atoms with E-state index in [2.05, 4.69) is 4.90 Å². The van der Waals surface area contributed by atoms with Crippen LogP contribution < -0.4 is 4.90 Å². The summed E-state index contributed by atoms with van der Waals surface area (Å²) in [6.07, 6.45) is 3.09. The molecule has 3 fully saturated rings. The minimum Gasteiger partial charge on any atom is -0.444 e. The zero-order valence-electron chi connectivity index (χ0n) is 23.6. The number of ether oxygens (including phenoxy) is 2. The first-order valence-electron chi connectivity index (χ1n) is 14.2. The van der Waals surface area contributed by atoms with Gasteiger partial charge in [-0.05, 0) is 56.9 Å². The summed E-state index contributed by atoms with van der Waals surface area (Å²) in [5.41, 5.74) is 3.56. The SMILES string of the molecule is CCC1CN(CC(=O)c2ccc(C)cc2)C(=O)O1.CCC1CN(CC(=O)c2ccc(N3CCCC3)cc2)C(=O)O1. The first kappa shape index (κ1) is 29.1. The van der Waals surface area contributed by atoms with Crippen LogP contribution in [0.15, 0.2) is 48.5 Å². The highest BCUT2D eigenvalue weighted by molar-refractivity contribution is 5.99. The van der Waals surface area contributed by atoms with Crippen molar-refractivity contribution in [3.8, 4) is 0 Å². The van der Waals surface area contributed by atoms with Crippen molar-refractivity contribution in [2.24, 2.45) is 0 Å². The number of hydrogen-bond acceptors (Lipinski definition) is 7. The number of benzene rings is 2. The van der Waals surface area contributed by atoms with Crippen LogP contribution in [-0.2, 0) is 9.47 Å². The van der Waals surface area contributed by atoms with Gasteiger partial charge in [0.25, 0.3) is 0 Å². The van der Waals surface area contributed by atoms with Gasteiger partial charge in [-0.3, -0.25) is 19.4 Å². The van der Waals surface area contributed by atoms with Crippen LogP contribution in [0.3, 0.4) is 0 Å². The van der Waals surface area contributed by atoms with Crippen LogP contribution >= 0.6 is 0 Å². The molecule has 0 radical (unpaired) electrons. The Bertz CT molecular complexity index is 1190. The third-order valence-electron chi connectivity index (χ3n) is 7.51. The second-order valence-corrected chi connectivity index (χ2v) is 10.5. The van der Waals surface area contributed by atoms with Crippen molar-refractivity contribution >= 4 is 29.4 Å². The van der Waals surface area contributed by atoms with Gasteiger partial charge in [0.05, 0.1) is 26.2 Å². The molecule has 40 heavy (non-hydrogen) atoms. The summed E-state index contributed by atoms with van der Waals surface area (Å²) in [4.78, 5) is 52.8. The van der Waals surface area contributed by atoms with Crippen molar-refractivity contribution in [1.29, 1.82) is 0 Å². The van der Waals surface area contributed by atoms with Crippen molar-refractivity contribution in [1.82, 2.24) is 9.80 Å². The van der Waals surface area contributed by atoms with Crippen LogP contribution in [-0.4, -0.2) is 85.0 Å². The average Bonchev–Trinajstić information content (AvgIpc) is 3.70. The molecule has 2 amide bonds. The maximum absolute atomic E-state index is 12.3. The average molecular weight is 550 g/mol. The van der Waals surface area contributed by atoms with E-state index in [1.165, 1.54) is 28.3 Å². The molecule has 0 bridgehead atoms. The Morgan fingerprint density at radius 1 is 0.725 bits per heavy atom. The molecule has 9 heteroatoms. The van der Waals surface area contributed by atoms with Gasteiger partial charge < -0.3 is 14.4 Å². The summed E-state index contributed by atoms with van der Waals surface area (Å²) >= 11 is 0. The van der Waals surface area contributed by atoms with Crippen molar-refractivity contribution in [2.45, 2.75) is 58.7 Å². The molecule has 9 nitrogen and oxygen atoms in total. The maximum Gasteiger partial charge on any atom is 0.410 e. The highest BCUT2D eigenvalue weighted by atomic mass is 16.6. The number of carbonyl (C=O) groups excluding carboxylic acids is 4. The summed E-state index contributed by atoms with van der Waals surface area (Å²) in [6, 6.07) is 15.1. The van der Waals surface area contributed by atoms with E-state index in [1.54, 1.807) is 12.1 Å². The standard InChI is InChI=1S/C17H22N2O3.C14H17NO3/c1-2-15-11-19(17(21)22-15)12-16(20)13-5-7-14(8-6-13)18-9-3-4-10-18;1-3-12-8-15(14(17)18-12)9-13(16)11-6-4-10(2)5-7-11/h5-8,15H,2-4,9-12H2,1H3;4-7,12H,3,8-9H2,1-2H3. The number of aryl methyl sites for hydroxylation is 1. The molecule has 2 atom stereocenters. The van der Waals surface area contributed by atoms with E-state index in [0.29, 0.717) is 24.2 Å². The normalized spacial score (nSPS) is 20.2. The fourth-order valence-electron chi connectivity index (χ4n) is 4.93. The van der Waals surface area contributed by atoms with Gasteiger partial charge >= 0.3 is 12.2 Å². The van der Waals surface area contributed by atoms with Crippen LogP contribution in [0.5, 0.6) is 0 Å². The smallest absolute Gasteiger partial charge is 0.410 e. The van der Waals surface area contributed by atoms with Crippen LogP contribution in [0, 0.1) is 6.92 Å². The molecule has 3 saturated heterocycles. The number of carbonyl (C=O) groups is 4. The molecule has 3 aliphatic heterocycles. The van der Waals surface area contributed by atoms with E-state index in [4.69, 9.17) is 9.47 Å². The molecule has 2 unspecified atom stereocenters. The molecule has 5 rings (SSSR count). The second kappa shape index (κ2) is 13.5. The van der Waals surface area contributed by atoms with Gasteiger partial charge in [0, 0.05) is 29.9 Å². The van der Waals surface area contributed by atoms with Gasteiger partial charge in [-0.25, -0.2) is 9.59 Å². The first-order valence-corrected chi connectivity index (χ1v) is 14.2. The van der Waals surface area contributed by atoms with Crippen LogP contribution in [0.25, 0.3) is 0 Å². The third-order valence-corrected chi connectivity index (χ3v) is 7.51. The lowest BCUT2D eigenvalue weighted by molar-refractivity contribution is 0.0936. The van der Waals surface area contributed by atoms with Crippen LogP contribution in [0.2, 0.25) is 0 Å². The van der Waals surface area contributed by atoms with Crippen molar-refractivity contribution in [2.75, 3.05) is 44.2 Å². The number of cyclic esters (lactones) is 2. The number of Topliss-reactive ketones (excluding diaryl/α,β-unsaturated/α-hetero) is 2. The zero-order valence-corrected chi connectivity index (χ0v) is 23.6. The Morgan fingerprint density at radius 2 is 1.15 bits per heavy atom. The Hall–Kier alpha value is -3.88. The molecule has 214 valence electrons. The quantitative estimate of drug-likeness (QED) is 0.401. The predicted octanol–water partition coefficient (Wildman–Crippen LogP) is 5.11. The fraction of sp³-hybridized carbons (Fsp3) is 0.484. The number of anilines is 1. The van der Waals surface area contributed by atoms with Gasteiger partial charge in [0.2, 0.25) is 0 Å². The molecule has 0 N–H and O–H groups in total. The Morgan fingerprint density at radius 3 is 1.55 bits per heavy atom. The monoisotopic (exact) mass is 549 g/mol. The molecular formula is C31H39N3O6. The Labute approximate surface area is 236 Å². The summed E-state index contributed by atoms with van der Waals surface area (Å²) in [6.45, 7) is 9.29. The van der Waals surface area contributed by atoms with E-state index >= 15 is 0 Å².